The van der Waals surface area contributed by atoms with Crippen LogP contribution in [0.3, 0.4) is 0 Å². The number of hydrogen-bond acceptors (Lipinski definition) is 7. The molecule has 2 atom stereocenters. The molecule has 3 fully saturated rings. The maximum absolute atomic E-state index is 17.1. The van der Waals surface area contributed by atoms with Gasteiger partial charge in [-0.25, -0.2) is 4.39 Å². The standard InChI is InChI=1S/C25H22Cl2F3N5O3S/c1-22(2)6-14(22)18(36)34-8-23(9-34)10-35(19(37)17-7-31-12-39-17)11-24(23,28)20-32-33-21(38-20)25(29,30)13-3-4-15(26)16(27)5-13/h3-5,7,12,14H,6,8-11H2,1-2H3/t14-,24?/m1/s1. The highest BCUT2D eigenvalue weighted by atomic mass is 35.5. The molecule has 2 saturated heterocycles. The van der Waals surface area contributed by atoms with Crippen molar-refractivity contribution >= 4 is 46.4 Å². The number of thiazole rings is 1. The fraction of sp³-hybridized carbons (Fsp3) is 0.480. The van der Waals surface area contributed by atoms with E-state index >= 15 is 13.2 Å². The number of carbonyl (C=O) groups is 2. The molecule has 3 aliphatic rings. The molecule has 8 nitrogen and oxygen atoms in total. The normalized spacial score (nSPS) is 25.2. The molecule has 39 heavy (non-hydrogen) atoms. The van der Waals surface area contributed by atoms with Crippen molar-refractivity contribution in [3.63, 3.8) is 0 Å². The minimum Gasteiger partial charge on any atom is -0.416 e. The maximum atomic E-state index is 17.1. The smallest absolute Gasteiger partial charge is 0.349 e. The number of likely N-dealkylation sites (tertiary alicyclic amines) is 2. The van der Waals surface area contributed by atoms with Gasteiger partial charge in [0, 0.05) is 31.1 Å². The van der Waals surface area contributed by atoms with Gasteiger partial charge < -0.3 is 14.2 Å². The van der Waals surface area contributed by atoms with Crippen LogP contribution >= 0.6 is 34.5 Å². The lowest BCUT2D eigenvalue weighted by Crippen LogP contribution is -2.66. The predicted octanol–water partition coefficient (Wildman–Crippen LogP) is 5.17. The van der Waals surface area contributed by atoms with Gasteiger partial charge in [0.15, 0.2) is 0 Å². The molecule has 1 aromatic carbocycles. The molecule has 2 amide bonds. The zero-order valence-corrected chi connectivity index (χ0v) is 23.1. The molecule has 0 radical (unpaired) electrons. The van der Waals surface area contributed by atoms with Crippen molar-refractivity contribution in [1.29, 1.82) is 0 Å². The number of nitrogens with zero attached hydrogens (tertiary/aromatic N) is 5. The number of benzene rings is 1. The van der Waals surface area contributed by atoms with Gasteiger partial charge in [-0.2, -0.15) is 8.78 Å². The van der Waals surface area contributed by atoms with Crippen LogP contribution in [0.5, 0.6) is 0 Å². The molecule has 4 heterocycles. The summed E-state index contributed by atoms with van der Waals surface area (Å²) in [5, 5.41) is 7.17. The quantitative estimate of drug-likeness (QED) is 0.402. The van der Waals surface area contributed by atoms with E-state index in [1.807, 2.05) is 13.8 Å². The molecular weight excluding hydrogens is 578 g/mol. The molecular formula is C25H22Cl2F3N5O3S. The first-order chi connectivity index (χ1) is 18.3. The Bertz CT molecular complexity index is 1480. The lowest BCUT2D eigenvalue weighted by molar-refractivity contribution is -0.157. The van der Waals surface area contributed by atoms with E-state index in [0.29, 0.717) is 4.88 Å². The van der Waals surface area contributed by atoms with Gasteiger partial charge in [0.05, 0.1) is 33.7 Å². The fourth-order valence-corrected chi connectivity index (χ4v) is 6.40. The Morgan fingerprint density at radius 2 is 1.79 bits per heavy atom. The summed E-state index contributed by atoms with van der Waals surface area (Å²) in [6.07, 6.45) is 2.12. The topological polar surface area (TPSA) is 92.4 Å². The van der Waals surface area contributed by atoms with Crippen LogP contribution in [0.4, 0.5) is 13.2 Å². The molecule has 1 saturated carbocycles. The first-order valence-corrected chi connectivity index (χ1v) is 13.7. The third kappa shape index (κ3) is 4.05. The number of rotatable bonds is 5. The summed E-state index contributed by atoms with van der Waals surface area (Å²) in [6, 6.07) is 3.24. The van der Waals surface area contributed by atoms with Crippen LogP contribution in [0.25, 0.3) is 0 Å². The SMILES string of the molecule is CC1(C)C[C@@H]1C(=O)N1CC2(CN(C(=O)c3cncs3)CC2(F)c2nnc(C(F)(F)c3ccc(Cl)c(Cl)c3)o2)C1. The van der Waals surface area contributed by atoms with E-state index in [2.05, 4.69) is 15.2 Å². The second-order valence-corrected chi connectivity index (χ2v) is 12.9. The van der Waals surface area contributed by atoms with Crippen molar-refractivity contribution in [3.8, 4) is 0 Å². The molecule has 0 N–H and O–H groups in total. The Balaban J connectivity index is 1.32. The zero-order chi connectivity index (χ0) is 28.0. The van der Waals surface area contributed by atoms with Crippen LogP contribution < -0.4 is 0 Å². The molecule has 14 heteroatoms. The van der Waals surface area contributed by atoms with Gasteiger partial charge in [0.1, 0.15) is 4.88 Å². The molecule has 206 valence electrons. The first-order valence-electron chi connectivity index (χ1n) is 12.1. The summed E-state index contributed by atoms with van der Waals surface area (Å²) in [5.41, 5.74) is -2.96. The number of halogens is 5. The predicted molar refractivity (Wildman–Crippen MR) is 135 cm³/mol. The monoisotopic (exact) mass is 599 g/mol. The number of amides is 2. The average molecular weight is 600 g/mol. The van der Waals surface area contributed by atoms with Crippen LogP contribution in [0, 0.1) is 16.7 Å². The fourth-order valence-electron chi connectivity index (χ4n) is 5.52. The van der Waals surface area contributed by atoms with E-state index < -0.39 is 46.8 Å². The summed E-state index contributed by atoms with van der Waals surface area (Å²) < 4.78 is 53.0. The van der Waals surface area contributed by atoms with Crippen molar-refractivity contribution in [2.45, 2.75) is 31.9 Å². The number of aromatic nitrogens is 3. The van der Waals surface area contributed by atoms with E-state index in [-0.39, 0.29) is 46.9 Å². The van der Waals surface area contributed by atoms with Gasteiger partial charge in [-0.1, -0.05) is 43.1 Å². The van der Waals surface area contributed by atoms with Crippen LogP contribution in [-0.4, -0.2) is 63.0 Å². The summed E-state index contributed by atoms with van der Waals surface area (Å²) in [6.45, 7) is 3.40. The first kappa shape index (κ1) is 26.5. The van der Waals surface area contributed by atoms with Crippen molar-refractivity contribution in [1.82, 2.24) is 25.0 Å². The lowest BCUT2D eigenvalue weighted by atomic mass is 9.69. The van der Waals surface area contributed by atoms with E-state index in [4.69, 9.17) is 27.6 Å². The van der Waals surface area contributed by atoms with E-state index in [1.54, 1.807) is 4.90 Å². The molecule has 1 unspecified atom stereocenters. The molecule has 2 aromatic heterocycles. The summed E-state index contributed by atoms with van der Waals surface area (Å²) in [7, 11) is 0. The maximum Gasteiger partial charge on any atom is 0.349 e. The molecule has 2 aliphatic heterocycles. The Hall–Kier alpha value is -2.70. The average Bonchev–Trinajstić information content (AvgIpc) is 3.37. The minimum atomic E-state index is -3.79. The zero-order valence-electron chi connectivity index (χ0n) is 20.8. The second-order valence-electron chi connectivity index (χ2n) is 11.2. The summed E-state index contributed by atoms with van der Waals surface area (Å²) in [4.78, 5) is 33.2. The third-order valence-corrected chi connectivity index (χ3v) is 9.60. The van der Waals surface area contributed by atoms with Gasteiger partial charge >= 0.3 is 5.92 Å². The van der Waals surface area contributed by atoms with Crippen LogP contribution in [0.2, 0.25) is 10.0 Å². The Morgan fingerprint density at radius 3 is 2.41 bits per heavy atom. The molecule has 1 aliphatic carbocycles. The third-order valence-electron chi connectivity index (χ3n) is 8.10. The van der Waals surface area contributed by atoms with Crippen LogP contribution in [0.15, 0.2) is 34.3 Å². The van der Waals surface area contributed by atoms with Crippen molar-refractivity contribution in [2.24, 2.45) is 16.7 Å². The van der Waals surface area contributed by atoms with Gasteiger partial charge in [0.2, 0.25) is 11.6 Å². The van der Waals surface area contributed by atoms with Crippen LogP contribution in [0.1, 0.15) is 47.3 Å². The Morgan fingerprint density at radius 1 is 1.10 bits per heavy atom. The van der Waals surface area contributed by atoms with Gasteiger partial charge in [0.25, 0.3) is 17.7 Å². The Labute approximate surface area is 235 Å². The van der Waals surface area contributed by atoms with Gasteiger partial charge in [-0.15, -0.1) is 21.5 Å². The number of hydrogen-bond donors (Lipinski definition) is 0. The Kier molecular flexibility index (Phi) is 5.88. The van der Waals surface area contributed by atoms with E-state index in [0.717, 1.165) is 29.9 Å². The minimum absolute atomic E-state index is 0.0116. The number of carbonyl (C=O) groups excluding carboxylic acids is 2. The van der Waals surface area contributed by atoms with Crippen molar-refractivity contribution in [2.75, 3.05) is 26.2 Å². The van der Waals surface area contributed by atoms with Gasteiger partial charge in [-0.05, 0) is 24.0 Å². The van der Waals surface area contributed by atoms with E-state index in [9.17, 15) is 9.59 Å². The van der Waals surface area contributed by atoms with Crippen molar-refractivity contribution in [3.05, 3.63) is 62.2 Å². The lowest BCUT2D eigenvalue weighted by Gasteiger charge is -2.52. The van der Waals surface area contributed by atoms with E-state index in [1.165, 1.54) is 22.7 Å². The summed E-state index contributed by atoms with van der Waals surface area (Å²) in [5.74, 6) is -6.28. The molecule has 3 aromatic rings. The van der Waals surface area contributed by atoms with Crippen LogP contribution in [-0.2, 0) is 16.4 Å². The molecule has 6 rings (SSSR count). The molecule has 1 spiro atoms. The second kappa shape index (κ2) is 8.65. The summed E-state index contributed by atoms with van der Waals surface area (Å²) >= 11 is 12.9. The highest BCUT2D eigenvalue weighted by Crippen LogP contribution is 2.58. The van der Waals surface area contributed by atoms with Gasteiger partial charge in [-0.3, -0.25) is 14.6 Å². The highest BCUT2D eigenvalue weighted by Gasteiger charge is 2.70. The molecule has 0 bridgehead atoms. The largest absolute Gasteiger partial charge is 0.416 e. The van der Waals surface area contributed by atoms with Crippen molar-refractivity contribution < 1.29 is 27.2 Å². The highest BCUT2D eigenvalue weighted by molar-refractivity contribution is 7.11. The number of alkyl halides is 3.